The van der Waals surface area contributed by atoms with Crippen LogP contribution in [-0.4, -0.2) is 50.8 Å². The molecule has 0 spiro atoms. The number of carbonyl (C=O) groups excluding carboxylic acids is 1. The van der Waals surface area contributed by atoms with Gasteiger partial charge in [0.15, 0.2) is 0 Å². The molecule has 0 N–H and O–H groups in total. The molecular weight excluding hydrogens is 330 g/mol. The Morgan fingerprint density at radius 2 is 1.77 bits per heavy atom. The molecule has 0 bridgehead atoms. The summed E-state index contributed by atoms with van der Waals surface area (Å²) in [5, 5.41) is 0. The molecule has 2 aliphatic rings. The minimum atomic E-state index is 0.281. The van der Waals surface area contributed by atoms with Gasteiger partial charge in [0, 0.05) is 38.3 Å². The molecule has 3 rings (SSSR count). The highest BCUT2D eigenvalue weighted by Crippen LogP contribution is 2.30. The van der Waals surface area contributed by atoms with Crippen LogP contribution in [0.4, 0.5) is 0 Å². The van der Waals surface area contributed by atoms with E-state index in [1.807, 2.05) is 18.2 Å². The Labute approximate surface area is 156 Å². The average molecular weight is 361 g/mol. The summed E-state index contributed by atoms with van der Waals surface area (Å²) in [4.78, 5) is 15.1. The van der Waals surface area contributed by atoms with Crippen LogP contribution in [0.1, 0.15) is 44.1 Å². The van der Waals surface area contributed by atoms with E-state index in [0.717, 1.165) is 62.5 Å². The number of ether oxygens (including phenoxy) is 3. The van der Waals surface area contributed by atoms with Crippen molar-refractivity contribution in [1.82, 2.24) is 4.90 Å². The number of carbonyl (C=O) groups is 1. The smallest absolute Gasteiger partial charge is 0.223 e. The third-order valence-electron chi connectivity index (χ3n) is 5.72. The predicted molar refractivity (Wildman–Crippen MR) is 101 cm³/mol. The van der Waals surface area contributed by atoms with Crippen molar-refractivity contribution in [2.75, 3.05) is 34.0 Å². The van der Waals surface area contributed by atoms with Gasteiger partial charge in [-0.15, -0.1) is 0 Å². The number of methoxy groups -OCH3 is 2. The van der Waals surface area contributed by atoms with Crippen LogP contribution in [0.25, 0.3) is 0 Å². The first kappa shape index (κ1) is 19.0. The second-order valence-electron chi connectivity index (χ2n) is 7.32. The molecule has 0 radical (unpaired) electrons. The van der Waals surface area contributed by atoms with Gasteiger partial charge in [0.1, 0.15) is 11.5 Å². The van der Waals surface area contributed by atoms with Crippen molar-refractivity contribution >= 4 is 5.91 Å². The highest BCUT2D eigenvalue weighted by atomic mass is 16.5. The van der Waals surface area contributed by atoms with Gasteiger partial charge in [-0.3, -0.25) is 4.79 Å². The lowest BCUT2D eigenvalue weighted by atomic mass is 9.85. The molecule has 1 amide bonds. The third kappa shape index (κ3) is 4.70. The lowest BCUT2D eigenvalue weighted by Gasteiger charge is -2.42. The van der Waals surface area contributed by atoms with Gasteiger partial charge in [-0.25, -0.2) is 0 Å². The summed E-state index contributed by atoms with van der Waals surface area (Å²) in [6.07, 6.45) is 6.92. The maximum atomic E-state index is 13.0. The number of likely N-dealkylation sites (tertiary alicyclic amines) is 1. The van der Waals surface area contributed by atoms with Crippen LogP contribution in [0.5, 0.6) is 11.5 Å². The fourth-order valence-electron chi connectivity index (χ4n) is 4.26. The molecule has 2 saturated heterocycles. The number of aryl methyl sites for hydroxylation is 1. The van der Waals surface area contributed by atoms with Crippen LogP contribution in [0, 0.1) is 5.92 Å². The van der Waals surface area contributed by atoms with E-state index in [1.165, 1.54) is 6.42 Å². The number of benzene rings is 1. The van der Waals surface area contributed by atoms with Crippen LogP contribution >= 0.6 is 0 Å². The van der Waals surface area contributed by atoms with Crippen molar-refractivity contribution in [3.8, 4) is 11.5 Å². The van der Waals surface area contributed by atoms with Crippen LogP contribution in [0.2, 0.25) is 0 Å². The maximum absolute atomic E-state index is 13.0. The molecule has 5 nitrogen and oxygen atoms in total. The number of piperidine rings is 1. The molecule has 2 aliphatic heterocycles. The van der Waals surface area contributed by atoms with E-state index in [9.17, 15) is 4.79 Å². The Hall–Kier alpha value is -1.75. The molecular formula is C21H31NO4. The van der Waals surface area contributed by atoms with Crippen molar-refractivity contribution in [3.05, 3.63) is 23.8 Å². The Balaban J connectivity index is 1.62. The summed E-state index contributed by atoms with van der Waals surface area (Å²) in [5.74, 6) is 2.42. The van der Waals surface area contributed by atoms with Crippen molar-refractivity contribution < 1.29 is 19.0 Å². The highest BCUT2D eigenvalue weighted by Gasteiger charge is 2.33. The van der Waals surface area contributed by atoms with Crippen LogP contribution in [0.3, 0.4) is 0 Å². The quantitative estimate of drug-likeness (QED) is 0.779. The monoisotopic (exact) mass is 361 g/mol. The first-order chi connectivity index (χ1) is 12.7. The van der Waals surface area contributed by atoms with E-state index in [-0.39, 0.29) is 5.91 Å². The minimum Gasteiger partial charge on any atom is -0.497 e. The number of amides is 1. The van der Waals surface area contributed by atoms with Gasteiger partial charge in [-0.05, 0) is 62.1 Å². The Bertz CT molecular complexity index is 575. The van der Waals surface area contributed by atoms with Gasteiger partial charge in [-0.1, -0.05) is 0 Å². The fraction of sp³-hybridized carbons (Fsp3) is 0.667. The highest BCUT2D eigenvalue weighted by molar-refractivity contribution is 5.77. The zero-order valence-corrected chi connectivity index (χ0v) is 16.0. The van der Waals surface area contributed by atoms with Gasteiger partial charge in [0.2, 0.25) is 5.91 Å². The van der Waals surface area contributed by atoms with Crippen molar-refractivity contribution in [2.45, 2.75) is 51.0 Å². The van der Waals surface area contributed by atoms with E-state index in [2.05, 4.69) is 4.90 Å². The van der Waals surface area contributed by atoms with Crippen LogP contribution < -0.4 is 9.47 Å². The van der Waals surface area contributed by atoms with Gasteiger partial charge in [-0.2, -0.15) is 0 Å². The first-order valence-corrected chi connectivity index (χ1v) is 9.80. The second kappa shape index (κ2) is 9.26. The fourth-order valence-corrected chi connectivity index (χ4v) is 4.26. The van der Waals surface area contributed by atoms with E-state index >= 15 is 0 Å². The van der Waals surface area contributed by atoms with Crippen molar-refractivity contribution in [2.24, 2.45) is 5.92 Å². The summed E-state index contributed by atoms with van der Waals surface area (Å²) in [5.41, 5.74) is 1.08. The minimum absolute atomic E-state index is 0.281. The Morgan fingerprint density at radius 3 is 2.42 bits per heavy atom. The number of hydrogen-bond donors (Lipinski definition) is 0. The lowest BCUT2D eigenvalue weighted by Crippen LogP contribution is -2.48. The number of rotatable bonds is 6. The van der Waals surface area contributed by atoms with Gasteiger partial charge >= 0.3 is 0 Å². The van der Waals surface area contributed by atoms with Crippen LogP contribution in [0.15, 0.2) is 18.2 Å². The molecule has 1 aromatic rings. The molecule has 1 aromatic carbocycles. The zero-order chi connectivity index (χ0) is 18.4. The second-order valence-corrected chi connectivity index (χ2v) is 7.32. The van der Waals surface area contributed by atoms with Crippen molar-refractivity contribution in [1.29, 1.82) is 0 Å². The molecule has 0 aromatic heterocycles. The summed E-state index contributed by atoms with van der Waals surface area (Å²) >= 11 is 0. The molecule has 5 heteroatoms. The normalized spacial score (nSPS) is 21.5. The summed E-state index contributed by atoms with van der Waals surface area (Å²) in [6, 6.07) is 6.24. The topological polar surface area (TPSA) is 48.0 Å². The SMILES string of the molecule is COc1cc(CCC(=O)N2CCCCC2C2CCOCC2)cc(OC)c1. The molecule has 2 fully saturated rings. The van der Waals surface area contributed by atoms with E-state index < -0.39 is 0 Å². The molecule has 0 aliphatic carbocycles. The molecule has 26 heavy (non-hydrogen) atoms. The van der Waals surface area contributed by atoms with E-state index in [0.29, 0.717) is 24.8 Å². The Morgan fingerprint density at radius 1 is 1.08 bits per heavy atom. The van der Waals surface area contributed by atoms with Gasteiger partial charge in [0.25, 0.3) is 0 Å². The molecule has 0 saturated carbocycles. The van der Waals surface area contributed by atoms with E-state index in [1.54, 1.807) is 14.2 Å². The molecule has 1 atom stereocenters. The van der Waals surface area contributed by atoms with Crippen LogP contribution in [-0.2, 0) is 16.0 Å². The molecule has 2 heterocycles. The number of hydrogen-bond acceptors (Lipinski definition) is 4. The lowest BCUT2D eigenvalue weighted by molar-refractivity contribution is -0.137. The zero-order valence-electron chi connectivity index (χ0n) is 16.0. The van der Waals surface area contributed by atoms with E-state index in [4.69, 9.17) is 14.2 Å². The summed E-state index contributed by atoms with van der Waals surface area (Å²) in [6.45, 7) is 2.59. The average Bonchev–Trinajstić information content (AvgIpc) is 2.72. The van der Waals surface area contributed by atoms with Gasteiger partial charge < -0.3 is 19.1 Å². The largest absolute Gasteiger partial charge is 0.497 e. The Kier molecular flexibility index (Phi) is 6.78. The van der Waals surface area contributed by atoms with Gasteiger partial charge in [0.05, 0.1) is 14.2 Å². The third-order valence-corrected chi connectivity index (χ3v) is 5.72. The standard InChI is InChI=1S/C21H31NO4/c1-24-18-13-16(14-19(15-18)25-2)6-7-21(23)22-10-4-3-5-20(22)17-8-11-26-12-9-17/h13-15,17,20H,3-12H2,1-2H3. The summed E-state index contributed by atoms with van der Waals surface area (Å²) < 4.78 is 16.2. The summed E-state index contributed by atoms with van der Waals surface area (Å²) in [7, 11) is 3.30. The number of nitrogens with zero attached hydrogens (tertiary/aromatic N) is 1. The maximum Gasteiger partial charge on any atom is 0.223 e. The van der Waals surface area contributed by atoms with Crippen molar-refractivity contribution in [3.63, 3.8) is 0 Å². The first-order valence-electron chi connectivity index (χ1n) is 9.80. The molecule has 1 unspecified atom stereocenters. The predicted octanol–water partition coefficient (Wildman–Crippen LogP) is 3.44. The molecule has 144 valence electrons.